The number of benzene rings is 1. The molecule has 4 aromatic heterocycles. The van der Waals surface area contributed by atoms with Gasteiger partial charge in [-0.3, -0.25) is 19.3 Å². The molecule has 1 saturated carbocycles. The van der Waals surface area contributed by atoms with E-state index in [4.69, 9.17) is 32.2 Å². The van der Waals surface area contributed by atoms with E-state index in [0.717, 1.165) is 38.7 Å². The summed E-state index contributed by atoms with van der Waals surface area (Å²) in [5, 5.41) is 8.16. The minimum Gasteiger partial charge on any atom is -0.382 e. The van der Waals surface area contributed by atoms with Gasteiger partial charge in [0.1, 0.15) is 28.9 Å². The lowest BCUT2D eigenvalue weighted by atomic mass is 10.1. The Labute approximate surface area is 263 Å². The van der Waals surface area contributed by atoms with Gasteiger partial charge in [0, 0.05) is 30.3 Å². The Kier molecular flexibility index (Phi) is 7.46. The van der Waals surface area contributed by atoms with Crippen LogP contribution in [0.5, 0.6) is 0 Å². The van der Waals surface area contributed by atoms with Crippen molar-refractivity contribution in [1.82, 2.24) is 34.1 Å². The number of hydrogen-bond acceptors (Lipinski definition) is 8. The number of halogens is 1. The summed E-state index contributed by atoms with van der Waals surface area (Å²) in [7, 11) is 1.71. The number of amides is 1. The maximum Gasteiger partial charge on any atom is 0.284 e. The van der Waals surface area contributed by atoms with Crippen LogP contribution < -0.4 is 16.6 Å². The number of nitrogens with one attached hydrogen (secondary N) is 1. The van der Waals surface area contributed by atoms with Crippen LogP contribution in [0, 0.1) is 6.92 Å². The second-order valence-electron chi connectivity index (χ2n) is 11.5. The van der Waals surface area contributed by atoms with Gasteiger partial charge in [-0.05, 0) is 75.4 Å². The van der Waals surface area contributed by atoms with Gasteiger partial charge in [-0.2, -0.15) is 5.10 Å². The quantitative estimate of drug-likeness (QED) is 0.249. The number of anilines is 2. The molecule has 1 unspecified atom stereocenters. The first-order valence-corrected chi connectivity index (χ1v) is 15.3. The van der Waals surface area contributed by atoms with Crippen LogP contribution in [0.1, 0.15) is 66.0 Å². The molecule has 3 N–H and O–H groups in total. The lowest BCUT2D eigenvalue weighted by molar-refractivity contribution is -0.0410. The first kappa shape index (κ1) is 28.9. The molecule has 1 amide bonds. The van der Waals surface area contributed by atoms with Crippen LogP contribution in [0.3, 0.4) is 0 Å². The number of nitrogen functional groups attached to an aromatic ring is 1. The molecule has 1 aliphatic heterocycles. The van der Waals surface area contributed by atoms with E-state index in [-0.39, 0.29) is 17.6 Å². The average molecular weight is 626 g/mol. The number of rotatable bonds is 7. The highest BCUT2D eigenvalue weighted by Gasteiger charge is 2.32. The SMILES string of the molecule is Cc1c(C(=O)Nc2ccc(-c3nc(-c4cc(C5CC5)n(C5CCCCO5)n4)cnc3N)nc2)c(=O)n(-c2cccc(Cl)c2)n1C. The highest BCUT2D eigenvalue weighted by Crippen LogP contribution is 2.43. The molecule has 13 heteroatoms. The van der Waals surface area contributed by atoms with Gasteiger partial charge in [-0.25, -0.2) is 19.3 Å². The maximum atomic E-state index is 13.3. The van der Waals surface area contributed by atoms with E-state index in [0.29, 0.717) is 50.8 Å². The van der Waals surface area contributed by atoms with Crippen molar-refractivity contribution in [2.75, 3.05) is 17.7 Å². The molecule has 12 nitrogen and oxygen atoms in total. The first-order valence-electron chi connectivity index (χ1n) is 14.9. The van der Waals surface area contributed by atoms with E-state index in [1.165, 1.54) is 16.6 Å². The van der Waals surface area contributed by atoms with E-state index in [1.807, 2.05) is 4.68 Å². The van der Waals surface area contributed by atoms with E-state index < -0.39 is 11.5 Å². The van der Waals surface area contributed by atoms with Gasteiger partial charge in [0.05, 0.1) is 35.2 Å². The Morgan fingerprint density at radius 1 is 1.04 bits per heavy atom. The zero-order chi connectivity index (χ0) is 31.2. The number of carbonyl (C=O) groups excluding carboxylic acids is 1. The predicted octanol–water partition coefficient (Wildman–Crippen LogP) is 5.26. The summed E-state index contributed by atoms with van der Waals surface area (Å²) >= 11 is 6.14. The number of nitrogens with zero attached hydrogens (tertiary/aromatic N) is 7. The van der Waals surface area contributed by atoms with Crippen LogP contribution in [0.25, 0.3) is 28.5 Å². The predicted molar refractivity (Wildman–Crippen MR) is 170 cm³/mol. The van der Waals surface area contributed by atoms with E-state index >= 15 is 0 Å². The summed E-state index contributed by atoms with van der Waals surface area (Å²) in [6.45, 7) is 2.45. The number of pyridine rings is 1. The summed E-state index contributed by atoms with van der Waals surface area (Å²) in [6, 6.07) is 12.3. The molecular formula is C32H32ClN9O3. The fraction of sp³-hybridized carbons (Fsp3) is 0.312. The van der Waals surface area contributed by atoms with Gasteiger partial charge >= 0.3 is 0 Å². The molecular weight excluding hydrogens is 594 g/mol. The molecule has 1 aliphatic carbocycles. The number of carbonyl (C=O) groups is 1. The van der Waals surface area contributed by atoms with Crippen LogP contribution in [0.4, 0.5) is 11.5 Å². The lowest BCUT2D eigenvalue weighted by Crippen LogP contribution is -2.25. The van der Waals surface area contributed by atoms with Gasteiger partial charge in [0.15, 0.2) is 5.82 Å². The Hall–Kier alpha value is -4.81. The average Bonchev–Trinajstić information content (AvgIpc) is 3.75. The van der Waals surface area contributed by atoms with Gasteiger partial charge in [-0.1, -0.05) is 17.7 Å². The van der Waals surface area contributed by atoms with Crippen molar-refractivity contribution >= 4 is 29.0 Å². The van der Waals surface area contributed by atoms with Crippen molar-refractivity contribution in [3.8, 4) is 28.5 Å². The lowest BCUT2D eigenvalue weighted by Gasteiger charge is -2.24. The molecule has 1 aromatic carbocycles. The van der Waals surface area contributed by atoms with Crippen LogP contribution in [0.15, 0.2) is 59.7 Å². The molecule has 2 fully saturated rings. The van der Waals surface area contributed by atoms with Crippen molar-refractivity contribution in [3.05, 3.63) is 87.2 Å². The maximum absolute atomic E-state index is 13.3. The van der Waals surface area contributed by atoms with Gasteiger partial charge in [0.2, 0.25) is 0 Å². The summed E-state index contributed by atoms with van der Waals surface area (Å²) in [4.78, 5) is 40.3. The zero-order valence-corrected chi connectivity index (χ0v) is 25.7. The van der Waals surface area contributed by atoms with Crippen LogP contribution in [-0.4, -0.2) is 46.6 Å². The Balaban J connectivity index is 1.13. The van der Waals surface area contributed by atoms with Crippen LogP contribution in [0.2, 0.25) is 5.02 Å². The number of aromatic nitrogens is 7. The standard InChI is InChI=1S/C32H32ClN9O3/c1-18-28(32(44)42(40(18)2)22-7-5-6-20(33)14-22)31(43)37-21-11-12-23(35-16-21)29-30(34)36-17-25(38-29)24-15-26(19-9-10-19)41(39-24)27-8-3-4-13-45-27/h5-7,11-12,14-17,19,27H,3-4,8-10,13H2,1-2H3,(H2,34,36)(H,37,43). The fourth-order valence-corrected chi connectivity index (χ4v) is 5.93. The molecule has 230 valence electrons. The molecule has 2 aliphatic rings. The summed E-state index contributed by atoms with van der Waals surface area (Å²) in [6.07, 6.45) is 8.47. The minimum absolute atomic E-state index is 0.0213. The molecule has 5 heterocycles. The van der Waals surface area contributed by atoms with Crippen molar-refractivity contribution in [1.29, 1.82) is 0 Å². The smallest absolute Gasteiger partial charge is 0.284 e. The highest BCUT2D eigenvalue weighted by molar-refractivity contribution is 6.30. The largest absolute Gasteiger partial charge is 0.382 e. The number of hydrogen-bond donors (Lipinski definition) is 2. The monoisotopic (exact) mass is 625 g/mol. The third kappa shape index (κ3) is 5.51. The number of nitrogens with two attached hydrogens (primary N) is 1. The molecule has 0 bridgehead atoms. The van der Waals surface area contributed by atoms with Crippen molar-refractivity contribution < 1.29 is 9.53 Å². The molecule has 1 atom stereocenters. The summed E-state index contributed by atoms with van der Waals surface area (Å²) < 4.78 is 11.1. The Morgan fingerprint density at radius 2 is 1.89 bits per heavy atom. The molecule has 5 aromatic rings. The van der Waals surface area contributed by atoms with Gasteiger partial charge < -0.3 is 15.8 Å². The normalized spacial score (nSPS) is 16.6. The second kappa shape index (κ2) is 11.6. The zero-order valence-electron chi connectivity index (χ0n) is 24.9. The van der Waals surface area contributed by atoms with Gasteiger partial charge in [-0.15, -0.1) is 0 Å². The molecule has 45 heavy (non-hydrogen) atoms. The fourth-order valence-electron chi connectivity index (χ4n) is 5.75. The third-order valence-electron chi connectivity index (χ3n) is 8.35. The van der Waals surface area contributed by atoms with Crippen molar-refractivity contribution in [2.45, 2.75) is 51.2 Å². The van der Waals surface area contributed by atoms with Gasteiger partial charge in [0.25, 0.3) is 11.5 Å². The second-order valence-corrected chi connectivity index (χ2v) is 11.9. The van der Waals surface area contributed by atoms with Crippen molar-refractivity contribution in [2.24, 2.45) is 7.05 Å². The topological polar surface area (TPSA) is 148 Å². The van der Waals surface area contributed by atoms with Crippen LogP contribution >= 0.6 is 11.6 Å². The summed E-state index contributed by atoms with van der Waals surface area (Å²) in [5.74, 6) is 0.164. The Morgan fingerprint density at radius 3 is 2.60 bits per heavy atom. The van der Waals surface area contributed by atoms with E-state index in [1.54, 1.807) is 61.2 Å². The third-order valence-corrected chi connectivity index (χ3v) is 8.58. The van der Waals surface area contributed by atoms with E-state index in [2.05, 4.69) is 21.4 Å². The van der Waals surface area contributed by atoms with Crippen LogP contribution in [-0.2, 0) is 11.8 Å². The highest BCUT2D eigenvalue weighted by atomic mass is 35.5. The van der Waals surface area contributed by atoms with Crippen molar-refractivity contribution in [3.63, 3.8) is 0 Å². The molecule has 0 spiro atoms. The summed E-state index contributed by atoms with van der Waals surface area (Å²) in [5.41, 5.74) is 10.6. The number of ether oxygens (including phenoxy) is 1. The Bertz CT molecular complexity index is 1970. The molecule has 1 saturated heterocycles. The molecule has 7 rings (SSSR count). The van der Waals surface area contributed by atoms with E-state index in [9.17, 15) is 9.59 Å². The molecule has 0 radical (unpaired) electrons. The first-order chi connectivity index (χ1) is 21.8. The minimum atomic E-state index is -0.547.